The van der Waals surface area contributed by atoms with E-state index >= 15 is 0 Å². The SMILES string of the molecule is CCNS(=O)(=O)c1ccc(CN=C(N)NCCCOCC)cc1. The fourth-order valence-corrected chi connectivity index (χ4v) is 2.86. The van der Waals surface area contributed by atoms with Crippen LogP contribution in [0.5, 0.6) is 0 Å². The van der Waals surface area contributed by atoms with Crippen molar-refractivity contribution in [3.05, 3.63) is 29.8 Å². The van der Waals surface area contributed by atoms with Gasteiger partial charge < -0.3 is 15.8 Å². The molecule has 1 aromatic carbocycles. The summed E-state index contributed by atoms with van der Waals surface area (Å²) in [7, 11) is -3.41. The Bertz CT molecular complexity index is 585. The number of hydrogen-bond donors (Lipinski definition) is 3. The summed E-state index contributed by atoms with van der Waals surface area (Å²) in [4.78, 5) is 4.46. The van der Waals surface area contributed by atoms with Crippen molar-refractivity contribution in [2.24, 2.45) is 10.7 Å². The Hall–Kier alpha value is -1.64. The van der Waals surface area contributed by atoms with Gasteiger partial charge in [0, 0.05) is 26.3 Å². The van der Waals surface area contributed by atoms with Crippen molar-refractivity contribution in [1.29, 1.82) is 0 Å². The summed E-state index contributed by atoms with van der Waals surface area (Å²) in [5, 5.41) is 3.01. The molecule has 0 aromatic heterocycles. The molecule has 0 bridgehead atoms. The minimum atomic E-state index is -3.41. The molecule has 0 heterocycles. The molecule has 0 saturated carbocycles. The summed E-state index contributed by atoms with van der Waals surface area (Å²) < 4.78 is 31.3. The number of ether oxygens (including phenoxy) is 1. The second-order valence-electron chi connectivity index (χ2n) is 4.82. The highest BCUT2D eigenvalue weighted by atomic mass is 32.2. The zero-order chi connectivity index (χ0) is 17.1. The standard InChI is InChI=1S/C15H26N4O3S/c1-3-19-23(20,21)14-8-6-13(7-9-14)12-18-15(16)17-10-5-11-22-4-2/h6-9,19H,3-5,10-12H2,1-2H3,(H3,16,17,18). The van der Waals surface area contributed by atoms with Crippen molar-refractivity contribution in [2.45, 2.75) is 31.7 Å². The topological polar surface area (TPSA) is 106 Å². The smallest absolute Gasteiger partial charge is 0.240 e. The average Bonchev–Trinajstić information content (AvgIpc) is 2.53. The van der Waals surface area contributed by atoms with Crippen LogP contribution < -0.4 is 15.8 Å². The molecule has 0 unspecified atom stereocenters. The van der Waals surface area contributed by atoms with Crippen LogP contribution in [-0.2, 0) is 21.3 Å². The molecular formula is C15H26N4O3S. The molecule has 1 aromatic rings. The highest BCUT2D eigenvalue weighted by Crippen LogP contribution is 2.11. The number of nitrogens with zero attached hydrogens (tertiary/aromatic N) is 1. The van der Waals surface area contributed by atoms with E-state index in [-0.39, 0.29) is 4.90 Å². The van der Waals surface area contributed by atoms with Crippen LogP contribution in [0.2, 0.25) is 0 Å². The van der Waals surface area contributed by atoms with E-state index in [1.807, 2.05) is 6.92 Å². The van der Waals surface area contributed by atoms with Gasteiger partial charge in [-0.2, -0.15) is 0 Å². The summed E-state index contributed by atoms with van der Waals surface area (Å²) in [5.41, 5.74) is 6.66. The minimum absolute atomic E-state index is 0.245. The number of aliphatic imine (C=N–C) groups is 1. The zero-order valence-corrected chi connectivity index (χ0v) is 14.5. The van der Waals surface area contributed by atoms with Crippen LogP contribution in [0.1, 0.15) is 25.8 Å². The molecule has 4 N–H and O–H groups in total. The predicted octanol–water partition coefficient (Wildman–Crippen LogP) is 0.816. The van der Waals surface area contributed by atoms with Gasteiger partial charge in [0.05, 0.1) is 11.4 Å². The Morgan fingerprint density at radius 1 is 1.26 bits per heavy atom. The maximum Gasteiger partial charge on any atom is 0.240 e. The summed E-state index contributed by atoms with van der Waals surface area (Å²) >= 11 is 0. The second kappa shape index (κ2) is 10.2. The third kappa shape index (κ3) is 7.45. The van der Waals surface area contributed by atoms with Crippen LogP contribution in [-0.4, -0.2) is 40.7 Å². The van der Waals surface area contributed by atoms with E-state index in [4.69, 9.17) is 10.5 Å². The molecule has 0 radical (unpaired) electrons. The molecule has 0 aliphatic rings. The zero-order valence-electron chi connectivity index (χ0n) is 13.7. The van der Waals surface area contributed by atoms with Crippen molar-refractivity contribution in [3.63, 3.8) is 0 Å². The van der Waals surface area contributed by atoms with Gasteiger partial charge in [0.25, 0.3) is 0 Å². The van der Waals surface area contributed by atoms with Gasteiger partial charge >= 0.3 is 0 Å². The first-order valence-corrected chi connectivity index (χ1v) is 9.18. The molecule has 0 amide bonds. The second-order valence-corrected chi connectivity index (χ2v) is 6.59. The molecule has 1 rings (SSSR count). The molecule has 23 heavy (non-hydrogen) atoms. The van der Waals surface area contributed by atoms with Crippen molar-refractivity contribution >= 4 is 16.0 Å². The lowest BCUT2D eigenvalue weighted by Gasteiger charge is -2.07. The van der Waals surface area contributed by atoms with E-state index in [0.717, 1.165) is 12.0 Å². The third-order valence-corrected chi connectivity index (χ3v) is 4.54. The number of rotatable bonds is 10. The fourth-order valence-electron chi connectivity index (χ4n) is 1.81. The van der Waals surface area contributed by atoms with Gasteiger partial charge in [-0.05, 0) is 31.0 Å². The Labute approximate surface area is 138 Å². The Balaban J connectivity index is 2.47. The maximum absolute atomic E-state index is 11.8. The van der Waals surface area contributed by atoms with Gasteiger partial charge in [-0.1, -0.05) is 19.1 Å². The van der Waals surface area contributed by atoms with E-state index in [2.05, 4.69) is 15.0 Å². The number of guanidine groups is 1. The molecule has 8 heteroatoms. The summed E-state index contributed by atoms with van der Waals surface area (Å²) in [6, 6.07) is 6.59. The average molecular weight is 342 g/mol. The number of nitrogens with one attached hydrogen (secondary N) is 2. The van der Waals surface area contributed by atoms with Crippen LogP contribution in [0.4, 0.5) is 0 Å². The van der Waals surface area contributed by atoms with E-state index < -0.39 is 10.0 Å². The molecule has 7 nitrogen and oxygen atoms in total. The van der Waals surface area contributed by atoms with Crippen LogP contribution in [0, 0.1) is 0 Å². The lowest BCUT2D eigenvalue weighted by molar-refractivity contribution is 0.145. The van der Waals surface area contributed by atoms with Gasteiger partial charge in [-0.25, -0.2) is 18.1 Å². The van der Waals surface area contributed by atoms with Gasteiger partial charge in [-0.15, -0.1) is 0 Å². The lowest BCUT2D eigenvalue weighted by Crippen LogP contribution is -2.32. The Morgan fingerprint density at radius 3 is 2.57 bits per heavy atom. The van der Waals surface area contributed by atoms with Crippen LogP contribution >= 0.6 is 0 Å². The first-order valence-electron chi connectivity index (χ1n) is 7.69. The molecule has 0 aliphatic heterocycles. The van der Waals surface area contributed by atoms with Crippen LogP contribution in [0.3, 0.4) is 0 Å². The Morgan fingerprint density at radius 2 is 1.96 bits per heavy atom. The summed E-state index contributed by atoms with van der Waals surface area (Å²) in [6.07, 6.45) is 0.862. The molecule has 0 fully saturated rings. The molecule has 130 valence electrons. The van der Waals surface area contributed by atoms with Crippen LogP contribution in [0.15, 0.2) is 34.2 Å². The van der Waals surface area contributed by atoms with Crippen molar-refractivity contribution in [3.8, 4) is 0 Å². The molecule has 0 atom stereocenters. The number of nitrogens with two attached hydrogens (primary N) is 1. The van der Waals surface area contributed by atoms with Crippen molar-refractivity contribution in [1.82, 2.24) is 10.0 Å². The number of sulfonamides is 1. The molecular weight excluding hydrogens is 316 g/mol. The summed E-state index contributed by atoms with van der Waals surface area (Å²) in [5.74, 6) is 0.367. The van der Waals surface area contributed by atoms with Crippen molar-refractivity contribution < 1.29 is 13.2 Å². The van der Waals surface area contributed by atoms with Crippen molar-refractivity contribution in [2.75, 3.05) is 26.3 Å². The first kappa shape index (κ1) is 19.4. The fraction of sp³-hybridized carbons (Fsp3) is 0.533. The molecule has 0 aliphatic carbocycles. The first-order chi connectivity index (χ1) is 11.0. The van der Waals surface area contributed by atoms with Gasteiger partial charge in [0.2, 0.25) is 10.0 Å². The highest BCUT2D eigenvalue weighted by molar-refractivity contribution is 7.89. The lowest BCUT2D eigenvalue weighted by atomic mass is 10.2. The third-order valence-electron chi connectivity index (χ3n) is 2.98. The normalized spacial score (nSPS) is 12.3. The predicted molar refractivity (Wildman–Crippen MR) is 91.7 cm³/mol. The maximum atomic E-state index is 11.8. The number of hydrogen-bond acceptors (Lipinski definition) is 4. The van der Waals surface area contributed by atoms with Gasteiger partial charge in [-0.3, -0.25) is 0 Å². The van der Waals surface area contributed by atoms with Crippen LogP contribution in [0.25, 0.3) is 0 Å². The summed E-state index contributed by atoms with van der Waals surface area (Å²) in [6.45, 7) is 6.56. The molecule has 0 spiro atoms. The van der Waals surface area contributed by atoms with Gasteiger partial charge in [0.1, 0.15) is 0 Å². The minimum Gasteiger partial charge on any atom is -0.382 e. The number of benzene rings is 1. The molecule has 0 saturated heterocycles. The van der Waals surface area contributed by atoms with E-state index in [1.165, 1.54) is 0 Å². The van der Waals surface area contributed by atoms with E-state index in [0.29, 0.717) is 38.8 Å². The quantitative estimate of drug-likeness (QED) is 0.331. The van der Waals surface area contributed by atoms with E-state index in [1.54, 1.807) is 31.2 Å². The Kier molecular flexibility index (Phi) is 8.60. The van der Waals surface area contributed by atoms with E-state index in [9.17, 15) is 8.42 Å². The largest absolute Gasteiger partial charge is 0.382 e. The highest BCUT2D eigenvalue weighted by Gasteiger charge is 2.11. The van der Waals surface area contributed by atoms with Gasteiger partial charge in [0.15, 0.2) is 5.96 Å². The monoisotopic (exact) mass is 342 g/mol.